The quantitative estimate of drug-likeness (QED) is 0.867. The molecule has 1 aromatic rings. The Balaban J connectivity index is 2.47. The number of carbonyl (C=O) groups is 2. The van der Waals surface area contributed by atoms with Gasteiger partial charge in [-0.25, -0.2) is 0 Å². The minimum atomic E-state index is -0.348. The smallest absolute Gasteiger partial charge is 0.258 e. The van der Waals surface area contributed by atoms with Crippen LogP contribution in [0.15, 0.2) is 12.4 Å². The Morgan fingerprint density at radius 1 is 1.37 bits per heavy atom. The summed E-state index contributed by atoms with van der Waals surface area (Å²) < 4.78 is 5.67. The molecular formula is C13H17N3O3. The molecule has 1 aliphatic rings. The van der Waals surface area contributed by atoms with Gasteiger partial charge in [0.1, 0.15) is 0 Å². The lowest BCUT2D eigenvalue weighted by molar-refractivity contribution is 0.0813. The fourth-order valence-electron chi connectivity index (χ4n) is 1.65. The number of pyridine rings is 1. The highest BCUT2D eigenvalue weighted by molar-refractivity contribution is 6.08. The number of amides is 2. The lowest BCUT2D eigenvalue weighted by Gasteiger charge is -2.17. The van der Waals surface area contributed by atoms with Gasteiger partial charge in [-0.2, -0.15) is 0 Å². The standard InChI is InChI=1S/C13H17N3O3/c1-14-12(17)9-6-15-7-10(19-8-4-5-8)11(9)13(18)16(2)3/h6-8H,4-5H2,1-3H3,(H,14,17). The van der Waals surface area contributed by atoms with Gasteiger partial charge in [0, 0.05) is 27.3 Å². The third-order valence-corrected chi connectivity index (χ3v) is 2.82. The third kappa shape index (κ3) is 2.83. The summed E-state index contributed by atoms with van der Waals surface area (Å²) in [6.45, 7) is 0. The van der Waals surface area contributed by atoms with E-state index in [1.807, 2.05) is 0 Å². The first-order chi connectivity index (χ1) is 9.04. The average molecular weight is 263 g/mol. The van der Waals surface area contributed by atoms with Crippen LogP contribution in [0.5, 0.6) is 5.75 Å². The van der Waals surface area contributed by atoms with Crippen LogP contribution in [-0.2, 0) is 0 Å². The predicted molar refractivity (Wildman–Crippen MR) is 69.3 cm³/mol. The van der Waals surface area contributed by atoms with Gasteiger partial charge >= 0.3 is 0 Å². The van der Waals surface area contributed by atoms with Gasteiger partial charge in [0.25, 0.3) is 11.8 Å². The van der Waals surface area contributed by atoms with Crippen molar-refractivity contribution in [3.05, 3.63) is 23.5 Å². The highest BCUT2D eigenvalue weighted by Gasteiger charge is 2.29. The molecule has 1 heterocycles. The highest BCUT2D eigenvalue weighted by Crippen LogP contribution is 2.30. The fraction of sp³-hybridized carbons (Fsp3) is 0.462. The molecule has 0 saturated heterocycles. The van der Waals surface area contributed by atoms with Crippen LogP contribution in [0, 0.1) is 0 Å². The molecule has 2 rings (SSSR count). The Hall–Kier alpha value is -2.11. The van der Waals surface area contributed by atoms with Crippen LogP contribution in [0.4, 0.5) is 0 Å². The van der Waals surface area contributed by atoms with E-state index in [0.29, 0.717) is 5.75 Å². The van der Waals surface area contributed by atoms with Crippen molar-refractivity contribution < 1.29 is 14.3 Å². The summed E-state index contributed by atoms with van der Waals surface area (Å²) in [5, 5.41) is 2.51. The number of hydrogen-bond donors (Lipinski definition) is 1. The zero-order valence-electron chi connectivity index (χ0n) is 11.3. The SMILES string of the molecule is CNC(=O)c1cncc(OC2CC2)c1C(=O)N(C)C. The van der Waals surface area contributed by atoms with E-state index >= 15 is 0 Å². The number of aromatic nitrogens is 1. The van der Waals surface area contributed by atoms with Crippen LogP contribution in [0.3, 0.4) is 0 Å². The summed E-state index contributed by atoms with van der Waals surface area (Å²) in [5.41, 5.74) is 0.505. The van der Waals surface area contributed by atoms with E-state index < -0.39 is 0 Å². The molecule has 19 heavy (non-hydrogen) atoms. The maximum absolute atomic E-state index is 12.2. The van der Waals surface area contributed by atoms with Crippen LogP contribution in [0.25, 0.3) is 0 Å². The second-order valence-electron chi connectivity index (χ2n) is 4.66. The Labute approximate surface area is 111 Å². The van der Waals surface area contributed by atoms with Crippen molar-refractivity contribution in [3.63, 3.8) is 0 Å². The molecule has 0 atom stereocenters. The molecule has 0 radical (unpaired) electrons. The lowest BCUT2D eigenvalue weighted by Crippen LogP contribution is -2.28. The Morgan fingerprint density at radius 2 is 2.05 bits per heavy atom. The number of nitrogens with one attached hydrogen (secondary N) is 1. The largest absolute Gasteiger partial charge is 0.488 e. The summed E-state index contributed by atoms with van der Waals surface area (Å²) in [5.74, 6) is -0.238. The highest BCUT2D eigenvalue weighted by atomic mass is 16.5. The van der Waals surface area contributed by atoms with E-state index in [9.17, 15) is 9.59 Å². The topological polar surface area (TPSA) is 71.5 Å². The monoisotopic (exact) mass is 263 g/mol. The van der Waals surface area contributed by atoms with Crippen molar-refractivity contribution in [3.8, 4) is 5.75 Å². The van der Waals surface area contributed by atoms with Crippen molar-refractivity contribution in [1.29, 1.82) is 0 Å². The number of hydrogen-bond acceptors (Lipinski definition) is 4. The third-order valence-electron chi connectivity index (χ3n) is 2.82. The maximum atomic E-state index is 12.2. The summed E-state index contributed by atoms with van der Waals surface area (Å²) in [7, 11) is 4.79. The molecular weight excluding hydrogens is 246 g/mol. The van der Waals surface area contributed by atoms with Crippen molar-refractivity contribution >= 4 is 11.8 Å². The van der Waals surface area contributed by atoms with Crippen LogP contribution >= 0.6 is 0 Å². The normalized spacial score (nSPS) is 13.8. The van der Waals surface area contributed by atoms with E-state index in [1.54, 1.807) is 14.1 Å². The maximum Gasteiger partial charge on any atom is 0.258 e. The van der Waals surface area contributed by atoms with E-state index in [0.717, 1.165) is 12.8 Å². The molecule has 1 fully saturated rings. The first-order valence-corrected chi connectivity index (χ1v) is 6.13. The molecule has 102 valence electrons. The van der Waals surface area contributed by atoms with Crippen LogP contribution < -0.4 is 10.1 Å². The van der Waals surface area contributed by atoms with Gasteiger partial charge in [-0.15, -0.1) is 0 Å². The van der Waals surface area contributed by atoms with Gasteiger partial charge in [-0.3, -0.25) is 14.6 Å². The second-order valence-corrected chi connectivity index (χ2v) is 4.66. The van der Waals surface area contributed by atoms with Crippen molar-refractivity contribution in [2.45, 2.75) is 18.9 Å². The summed E-state index contributed by atoms with van der Waals surface area (Å²) >= 11 is 0. The Morgan fingerprint density at radius 3 is 2.58 bits per heavy atom. The number of rotatable bonds is 4. The fourth-order valence-corrected chi connectivity index (χ4v) is 1.65. The minimum Gasteiger partial charge on any atom is -0.488 e. The zero-order chi connectivity index (χ0) is 14.0. The number of ether oxygens (including phenoxy) is 1. The molecule has 0 unspecified atom stereocenters. The van der Waals surface area contributed by atoms with E-state index in [-0.39, 0.29) is 29.0 Å². The van der Waals surface area contributed by atoms with Crippen LogP contribution in [0.1, 0.15) is 33.6 Å². The van der Waals surface area contributed by atoms with Crippen molar-refractivity contribution in [2.24, 2.45) is 0 Å². The number of nitrogens with zero attached hydrogens (tertiary/aromatic N) is 2. The van der Waals surface area contributed by atoms with Gasteiger partial charge in [-0.05, 0) is 12.8 Å². The van der Waals surface area contributed by atoms with E-state index in [2.05, 4.69) is 10.3 Å². The first-order valence-electron chi connectivity index (χ1n) is 6.13. The van der Waals surface area contributed by atoms with Crippen molar-refractivity contribution in [1.82, 2.24) is 15.2 Å². The molecule has 2 amide bonds. The Bertz CT molecular complexity index is 510. The first kappa shape index (κ1) is 13.3. The molecule has 1 N–H and O–H groups in total. The molecule has 6 heteroatoms. The van der Waals surface area contributed by atoms with Crippen LogP contribution in [-0.4, -0.2) is 48.9 Å². The van der Waals surface area contributed by atoms with Gasteiger partial charge in [0.2, 0.25) is 0 Å². The lowest BCUT2D eigenvalue weighted by atomic mass is 10.1. The Kier molecular flexibility index (Phi) is 3.69. The van der Waals surface area contributed by atoms with E-state index in [1.165, 1.54) is 24.3 Å². The molecule has 1 aliphatic carbocycles. The van der Waals surface area contributed by atoms with Crippen LogP contribution in [0.2, 0.25) is 0 Å². The summed E-state index contributed by atoms with van der Waals surface area (Å²) in [6, 6.07) is 0. The number of carbonyl (C=O) groups excluding carboxylic acids is 2. The molecule has 0 aromatic carbocycles. The van der Waals surface area contributed by atoms with Gasteiger partial charge in [0.15, 0.2) is 5.75 Å². The van der Waals surface area contributed by atoms with E-state index in [4.69, 9.17) is 4.74 Å². The minimum absolute atomic E-state index is 0.135. The summed E-state index contributed by atoms with van der Waals surface area (Å²) in [4.78, 5) is 29.5. The average Bonchev–Trinajstić information content (AvgIpc) is 3.20. The summed E-state index contributed by atoms with van der Waals surface area (Å²) in [6.07, 6.45) is 4.95. The van der Waals surface area contributed by atoms with Gasteiger partial charge < -0.3 is 15.0 Å². The molecule has 0 aliphatic heterocycles. The zero-order valence-corrected chi connectivity index (χ0v) is 11.3. The van der Waals surface area contributed by atoms with Crippen molar-refractivity contribution in [2.75, 3.05) is 21.1 Å². The predicted octanol–water partition coefficient (Wildman–Crippen LogP) is 0.684. The molecule has 1 saturated carbocycles. The molecule has 1 aromatic heterocycles. The molecule has 0 spiro atoms. The van der Waals surface area contributed by atoms with Gasteiger partial charge in [-0.1, -0.05) is 0 Å². The second kappa shape index (κ2) is 5.26. The van der Waals surface area contributed by atoms with Gasteiger partial charge in [0.05, 0.1) is 23.4 Å². The molecule has 0 bridgehead atoms. The molecule has 6 nitrogen and oxygen atoms in total.